The summed E-state index contributed by atoms with van der Waals surface area (Å²) in [5.41, 5.74) is 5.50. The lowest BCUT2D eigenvalue weighted by Gasteiger charge is -1.91. The fourth-order valence-corrected chi connectivity index (χ4v) is 1.56. The Labute approximate surface area is 72.4 Å². The van der Waals surface area contributed by atoms with E-state index in [4.69, 9.17) is 5.73 Å². The maximum atomic E-state index is 5.50. The number of rotatable bonds is 2. The number of nitrogens with two attached hydrogens (primary N) is 1. The molecule has 0 aliphatic heterocycles. The van der Waals surface area contributed by atoms with E-state index >= 15 is 0 Å². The van der Waals surface area contributed by atoms with Crippen molar-refractivity contribution in [3.8, 4) is 0 Å². The second kappa shape index (κ2) is 2.68. The number of aromatic nitrogens is 4. The molecule has 0 radical (unpaired) electrons. The third-order valence-electron chi connectivity index (χ3n) is 1.41. The van der Waals surface area contributed by atoms with Crippen LogP contribution in [0, 0.1) is 0 Å². The summed E-state index contributed by atoms with van der Waals surface area (Å²) in [6.07, 6.45) is 0. The van der Waals surface area contributed by atoms with Gasteiger partial charge in [-0.05, 0) is 7.05 Å². The maximum Gasteiger partial charge on any atom is 0.236 e. The van der Waals surface area contributed by atoms with Crippen molar-refractivity contribution in [2.75, 3.05) is 12.8 Å². The van der Waals surface area contributed by atoms with Crippen LogP contribution < -0.4 is 11.1 Å². The summed E-state index contributed by atoms with van der Waals surface area (Å²) in [6.45, 7) is 0.643. The van der Waals surface area contributed by atoms with Crippen LogP contribution in [0.15, 0.2) is 0 Å². The molecule has 2 aromatic rings. The summed E-state index contributed by atoms with van der Waals surface area (Å²) in [7, 11) is 1.84. The molecule has 0 spiro atoms. The lowest BCUT2D eigenvalue weighted by Crippen LogP contribution is -2.09. The molecule has 12 heavy (non-hydrogen) atoms. The average molecular weight is 184 g/mol. The summed E-state index contributed by atoms with van der Waals surface area (Å²) in [5.74, 6) is 0.778. The predicted molar refractivity (Wildman–Crippen MR) is 45.8 cm³/mol. The van der Waals surface area contributed by atoms with E-state index in [0.717, 1.165) is 10.8 Å². The first-order valence-corrected chi connectivity index (χ1v) is 4.24. The molecule has 0 saturated heterocycles. The van der Waals surface area contributed by atoms with Crippen LogP contribution in [0.25, 0.3) is 4.96 Å². The summed E-state index contributed by atoms with van der Waals surface area (Å²) in [6, 6.07) is 0. The Morgan fingerprint density at radius 3 is 3.17 bits per heavy atom. The highest BCUT2D eigenvalue weighted by Gasteiger charge is 2.08. The zero-order valence-electron chi connectivity index (χ0n) is 6.48. The Morgan fingerprint density at radius 2 is 2.42 bits per heavy atom. The zero-order valence-corrected chi connectivity index (χ0v) is 7.30. The molecule has 0 fully saturated rings. The normalized spacial score (nSPS) is 11.1. The van der Waals surface area contributed by atoms with E-state index in [0.29, 0.717) is 11.7 Å². The van der Waals surface area contributed by atoms with Gasteiger partial charge in [0.2, 0.25) is 10.1 Å². The van der Waals surface area contributed by atoms with Crippen molar-refractivity contribution < 1.29 is 0 Å². The van der Waals surface area contributed by atoms with E-state index in [-0.39, 0.29) is 0 Å². The second-order valence-electron chi connectivity index (χ2n) is 2.28. The number of fused-ring (bicyclic) bond motifs is 1. The van der Waals surface area contributed by atoms with Gasteiger partial charge >= 0.3 is 0 Å². The Kier molecular flexibility index (Phi) is 1.66. The highest BCUT2D eigenvalue weighted by Crippen LogP contribution is 2.14. The molecule has 0 atom stereocenters. The summed E-state index contributed by atoms with van der Waals surface area (Å²) < 4.78 is 1.65. The Balaban J connectivity index is 2.53. The lowest BCUT2D eigenvalue weighted by atomic mass is 10.6. The summed E-state index contributed by atoms with van der Waals surface area (Å²) in [4.78, 5) is 0.734. The lowest BCUT2D eigenvalue weighted by molar-refractivity contribution is 0.723. The number of nitrogens with zero attached hydrogens (tertiary/aromatic N) is 4. The molecule has 64 valence electrons. The third kappa shape index (κ3) is 1.03. The predicted octanol–water partition coefficient (Wildman–Crippen LogP) is -0.513. The van der Waals surface area contributed by atoms with Crippen LogP contribution in [0.3, 0.4) is 0 Å². The highest BCUT2D eigenvalue weighted by molar-refractivity contribution is 7.20. The van der Waals surface area contributed by atoms with Crippen LogP contribution in [0.5, 0.6) is 0 Å². The molecule has 0 saturated carbocycles. The minimum absolute atomic E-state index is 0.511. The molecule has 0 unspecified atom stereocenters. The minimum atomic E-state index is 0.511. The van der Waals surface area contributed by atoms with Crippen molar-refractivity contribution in [2.45, 2.75) is 6.54 Å². The molecule has 7 heteroatoms. The van der Waals surface area contributed by atoms with Crippen LogP contribution in [0.2, 0.25) is 0 Å². The van der Waals surface area contributed by atoms with Crippen LogP contribution in [0.4, 0.5) is 5.13 Å². The van der Waals surface area contributed by atoms with Crippen molar-refractivity contribution in [2.24, 2.45) is 0 Å². The van der Waals surface area contributed by atoms with Gasteiger partial charge in [0.05, 0.1) is 6.54 Å². The molecular weight excluding hydrogens is 176 g/mol. The van der Waals surface area contributed by atoms with Gasteiger partial charge < -0.3 is 11.1 Å². The molecule has 0 aliphatic carbocycles. The number of nitrogens with one attached hydrogen (secondary N) is 1. The van der Waals surface area contributed by atoms with Gasteiger partial charge in [0, 0.05) is 0 Å². The van der Waals surface area contributed by atoms with Gasteiger partial charge in [0.1, 0.15) is 0 Å². The fraction of sp³-hybridized carbons (Fsp3) is 0.400. The summed E-state index contributed by atoms with van der Waals surface area (Å²) >= 11 is 1.33. The van der Waals surface area contributed by atoms with E-state index in [9.17, 15) is 0 Å². The van der Waals surface area contributed by atoms with Gasteiger partial charge in [-0.15, -0.1) is 15.3 Å². The molecule has 0 aromatic carbocycles. The molecule has 2 rings (SSSR count). The first-order valence-electron chi connectivity index (χ1n) is 3.42. The van der Waals surface area contributed by atoms with E-state index in [1.54, 1.807) is 4.52 Å². The second-order valence-corrected chi connectivity index (χ2v) is 3.27. The van der Waals surface area contributed by atoms with E-state index in [1.165, 1.54) is 11.3 Å². The molecule has 0 bridgehead atoms. The van der Waals surface area contributed by atoms with Gasteiger partial charge in [0.25, 0.3) is 0 Å². The standard InChI is InChI=1S/C5H8N6S/c1-7-2-3-8-9-5-11(3)10-4(6)12-5/h7H,2H2,1H3,(H2,6,10). The monoisotopic (exact) mass is 184 g/mol. The largest absolute Gasteiger partial charge is 0.374 e. The Bertz CT molecular complexity index is 389. The number of anilines is 1. The Hall–Kier alpha value is -1.21. The highest BCUT2D eigenvalue weighted by atomic mass is 32.1. The number of hydrogen-bond acceptors (Lipinski definition) is 6. The third-order valence-corrected chi connectivity index (χ3v) is 2.13. The molecule has 2 heterocycles. The fourth-order valence-electron chi connectivity index (χ4n) is 0.941. The summed E-state index contributed by atoms with van der Waals surface area (Å²) in [5, 5.41) is 15.4. The molecule has 3 N–H and O–H groups in total. The number of hydrogen-bond donors (Lipinski definition) is 2. The van der Waals surface area contributed by atoms with Crippen molar-refractivity contribution in [1.29, 1.82) is 0 Å². The molecule has 2 aromatic heterocycles. The van der Waals surface area contributed by atoms with Gasteiger partial charge in [-0.1, -0.05) is 11.3 Å². The van der Waals surface area contributed by atoms with Crippen molar-refractivity contribution >= 4 is 21.4 Å². The van der Waals surface area contributed by atoms with Gasteiger partial charge in [-0.3, -0.25) is 0 Å². The van der Waals surface area contributed by atoms with Gasteiger partial charge in [0.15, 0.2) is 5.82 Å². The van der Waals surface area contributed by atoms with Crippen LogP contribution >= 0.6 is 11.3 Å². The molecule has 0 amide bonds. The quantitative estimate of drug-likeness (QED) is 0.656. The number of nitrogen functional groups attached to an aromatic ring is 1. The molecular formula is C5H8N6S. The molecule has 0 aliphatic rings. The smallest absolute Gasteiger partial charge is 0.236 e. The van der Waals surface area contributed by atoms with Crippen molar-refractivity contribution in [3.63, 3.8) is 0 Å². The zero-order chi connectivity index (χ0) is 8.55. The topological polar surface area (TPSA) is 81.1 Å². The van der Waals surface area contributed by atoms with E-state index in [1.807, 2.05) is 7.05 Å². The van der Waals surface area contributed by atoms with Crippen molar-refractivity contribution in [3.05, 3.63) is 5.82 Å². The molecule has 6 nitrogen and oxygen atoms in total. The minimum Gasteiger partial charge on any atom is -0.374 e. The van der Waals surface area contributed by atoms with Crippen LogP contribution in [0.1, 0.15) is 5.82 Å². The van der Waals surface area contributed by atoms with E-state index < -0.39 is 0 Å². The van der Waals surface area contributed by atoms with Crippen LogP contribution in [-0.4, -0.2) is 26.9 Å². The SMILES string of the molecule is CNCc1nnc2sc(N)nn12. The van der Waals surface area contributed by atoms with E-state index in [2.05, 4.69) is 20.6 Å². The Morgan fingerprint density at radius 1 is 1.58 bits per heavy atom. The van der Waals surface area contributed by atoms with Crippen molar-refractivity contribution in [1.82, 2.24) is 25.1 Å². The first-order chi connectivity index (χ1) is 5.81. The maximum absolute atomic E-state index is 5.50. The van der Waals surface area contributed by atoms with Crippen LogP contribution in [-0.2, 0) is 6.54 Å². The first kappa shape index (κ1) is 7.44. The van der Waals surface area contributed by atoms with Gasteiger partial charge in [-0.25, -0.2) is 0 Å². The average Bonchev–Trinajstić information content (AvgIpc) is 2.52. The van der Waals surface area contributed by atoms with Gasteiger partial charge in [-0.2, -0.15) is 4.52 Å².